The lowest BCUT2D eigenvalue weighted by molar-refractivity contribution is 0.198. The molecule has 4 heteroatoms. The molecule has 1 fully saturated rings. The normalized spacial score (nSPS) is 17.9. The highest BCUT2D eigenvalue weighted by molar-refractivity contribution is 4.77. The van der Waals surface area contributed by atoms with Crippen molar-refractivity contribution in [2.45, 2.75) is 51.6 Å². The summed E-state index contributed by atoms with van der Waals surface area (Å²) in [7, 11) is 0. The third-order valence-corrected chi connectivity index (χ3v) is 3.96. The van der Waals surface area contributed by atoms with Gasteiger partial charge in [0.25, 0.3) is 0 Å². The summed E-state index contributed by atoms with van der Waals surface area (Å²) in [6.07, 6.45) is 12.2. The Hall–Kier alpha value is -0.870. The molecular formula is C15H28N4. The van der Waals surface area contributed by atoms with E-state index >= 15 is 0 Å². The fraction of sp³-hybridized carbons (Fsp3) is 0.800. The molecule has 2 heterocycles. The summed E-state index contributed by atoms with van der Waals surface area (Å²) in [6.45, 7) is 8.35. The number of piperidine rings is 1. The quantitative estimate of drug-likeness (QED) is 0.730. The van der Waals surface area contributed by atoms with Gasteiger partial charge in [-0.3, -0.25) is 0 Å². The van der Waals surface area contributed by atoms with E-state index in [-0.39, 0.29) is 0 Å². The number of likely N-dealkylation sites (tertiary alicyclic amines) is 1. The van der Waals surface area contributed by atoms with E-state index < -0.39 is 0 Å². The van der Waals surface area contributed by atoms with Crippen molar-refractivity contribution in [1.82, 2.24) is 19.8 Å². The number of aryl methyl sites for hydroxylation is 1. The van der Waals surface area contributed by atoms with E-state index in [1.807, 2.05) is 18.7 Å². The summed E-state index contributed by atoms with van der Waals surface area (Å²) >= 11 is 0. The molecule has 0 atom stereocenters. The van der Waals surface area contributed by atoms with E-state index in [0.717, 1.165) is 19.1 Å². The van der Waals surface area contributed by atoms with E-state index in [9.17, 15) is 0 Å². The average Bonchev–Trinajstić information content (AvgIpc) is 2.94. The number of hydrogen-bond acceptors (Lipinski definition) is 3. The number of rotatable bonds is 8. The van der Waals surface area contributed by atoms with Crippen molar-refractivity contribution in [2.75, 3.05) is 26.2 Å². The lowest BCUT2D eigenvalue weighted by Gasteiger charge is -2.32. The van der Waals surface area contributed by atoms with Gasteiger partial charge in [0.1, 0.15) is 0 Å². The van der Waals surface area contributed by atoms with E-state index in [4.69, 9.17) is 0 Å². The molecule has 1 aliphatic heterocycles. The monoisotopic (exact) mass is 264 g/mol. The zero-order chi connectivity index (χ0) is 13.3. The molecule has 0 unspecified atom stereocenters. The van der Waals surface area contributed by atoms with Crippen molar-refractivity contribution < 1.29 is 0 Å². The topological polar surface area (TPSA) is 33.1 Å². The van der Waals surface area contributed by atoms with Crippen molar-refractivity contribution in [1.29, 1.82) is 0 Å². The second kappa shape index (κ2) is 8.33. The van der Waals surface area contributed by atoms with Gasteiger partial charge in [0.2, 0.25) is 0 Å². The number of unbranched alkanes of at least 4 members (excludes halogenated alkanes) is 1. The zero-order valence-electron chi connectivity index (χ0n) is 12.2. The molecule has 0 amide bonds. The summed E-state index contributed by atoms with van der Waals surface area (Å²) < 4.78 is 2.16. The molecule has 2 rings (SSSR count). The van der Waals surface area contributed by atoms with Gasteiger partial charge in [-0.25, -0.2) is 4.98 Å². The highest BCUT2D eigenvalue weighted by Crippen LogP contribution is 2.10. The third kappa shape index (κ3) is 5.33. The van der Waals surface area contributed by atoms with Crippen molar-refractivity contribution in [3.63, 3.8) is 0 Å². The molecule has 0 aromatic carbocycles. The van der Waals surface area contributed by atoms with E-state index in [1.165, 1.54) is 51.7 Å². The van der Waals surface area contributed by atoms with E-state index in [1.54, 1.807) is 0 Å². The predicted molar refractivity (Wildman–Crippen MR) is 79.2 cm³/mol. The van der Waals surface area contributed by atoms with Crippen LogP contribution in [0.15, 0.2) is 18.7 Å². The summed E-state index contributed by atoms with van der Waals surface area (Å²) in [6, 6.07) is 0.751. The molecular weight excluding hydrogens is 236 g/mol. The Bertz CT molecular complexity index is 315. The van der Waals surface area contributed by atoms with Crippen molar-refractivity contribution in [3.05, 3.63) is 18.7 Å². The summed E-state index contributed by atoms with van der Waals surface area (Å²) in [5.74, 6) is 0. The van der Waals surface area contributed by atoms with Crippen LogP contribution in [0, 0.1) is 0 Å². The van der Waals surface area contributed by atoms with Gasteiger partial charge in [0.15, 0.2) is 0 Å². The zero-order valence-corrected chi connectivity index (χ0v) is 12.2. The van der Waals surface area contributed by atoms with Gasteiger partial charge in [-0.1, -0.05) is 6.92 Å². The average molecular weight is 264 g/mol. The van der Waals surface area contributed by atoms with Gasteiger partial charge >= 0.3 is 0 Å². The third-order valence-electron chi connectivity index (χ3n) is 3.96. The molecule has 1 aromatic heterocycles. The van der Waals surface area contributed by atoms with Gasteiger partial charge < -0.3 is 14.8 Å². The lowest BCUT2D eigenvalue weighted by atomic mass is 10.0. The van der Waals surface area contributed by atoms with Crippen LogP contribution in [0.3, 0.4) is 0 Å². The first kappa shape index (κ1) is 14.5. The number of hydrogen-bond donors (Lipinski definition) is 1. The SMILES string of the molecule is CCCN1CCC(NCCCCn2ccnc2)CC1. The Morgan fingerprint density at radius 2 is 2.05 bits per heavy atom. The van der Waals surface area contributed by atoms with Gasteiger partial charge in [-0.05, 0) is 58.3 Å². The lowest BCUT2D eigenvalue weighted by Crippen LogP contribution is -2.42. The Kier molecular flexibility index (Phi) is 6.37. The second-order valence-electron chi connectivity index (χ2n) is 5.58. The Labute approximate surface area is 117 Å². The maximum Gasteiger partial charge on any atom is 0.0945 e. The standard InChI is InChI=1S/C15H28N4/c1-2-9-18-11-5-15(6-12-18)17-7-3-4-10-19-13-8-16-14-19/h8,13-15,17H,2-7,9-12H2,1H3. The first-order chi connectivity index (χ1) is 9.38. The largest absolute Gasteiger partial charge is 0.337 e. The minimum atomic E-state index is 0.751. The number of nitrogens with zero attached hydrogens (tertiary/aromatic N) is 3. The van der Waals surface area contributed by atoms with Crippen LogP contribution in [0.1, 0.15) is 39.0 Å². The first-order valence-corrected chi connectivity index (χ1v) is 7.80. The molecule has 1 aromatic rings. The molecule has 1 aliphatic rings. The molecule has 0 saturated carbocycles. The summed E-state index contributed by atoms with van der Waals surface area (Å²) in [5, 5.41) is 3.71. The highest BCUT2D eigenvalue weighted by Gasteiger charge is 2.17. The van der Waals surface area contributed by atoms with Crippen LogP contribution >= 0.6 is 0 Å². The second-order valence-corrected chi connectivity index (χ2v) is 5.58. The van der Waals surface area contributed by atoms with E-state index in [2.05, 4.69) is 26.7 Å². The minimum Gasteiger partial charge on any atom is -0.337 e. The number of aromatic nitrogens is 2. The maximum absolute atomic E-state index is 4.06. The molecule has 19 heavy (non-hydrogen) atoms. The van der Waals surface area contributed by atoms with Crippen LogP contribution < -0.4 is 5.32 Å². The van der Waals surface area contributed by atoms with Gasteiger partial charge in [0.05, 0.1) is 6.33 Å². The Morgan fingerprint density at radius 1 is 1.21 bits per heavy atom. The van der Waals surface area contributed by atoms with Gasteiger partial charge in [-0.15, -0.1) is 0 Å². The fourth-order valence-corrected chi connectivity index (χ4v) is 2.82. The number of nitrogens with one attached hydrogen (secondary N) is 1. The minimum absolute atomic E-state index is 0.751. The fourth-order valence-electron chi connectivity index (χ4n) is 2.82. The Balaban J connectivity index is 1.48. The smallest absolute Gasteiger partial charge is 0.0945 e. The van der Waals surface area contributed by atoms with E-state index in [0.29, 0.717) is 0 Å². The van der Waals surface area contributed by atoms with Crippen molar-refractivity contribution in [2.24, 2.45) is 0 Å². The molecule has 0 radical (unpaired) electrons. The van der Waals surface area contributed by atoms with Crippen molar-refractivity contribution >= 4 is 0 Å². The van der Waals surface area contributed by atoms with Crippen LogP contribution in [-0.4, -0.2) is 46.7 Å². The molecule has 1 saturated heterocycles. The molecule has 0 aliphatic carbocycles. The summed E-state index contributed by atoms with van der Waals surface area (Å²) in [4.78, 5) is 6.65. The van der Waals surface area contributed by atoms with Gasteiger partial charge in [0, 0.05) is 25.0 Å². The van der Waals surface area contributed by atoms with Gasteiger partial charge in [-0.2, -0.15) is 0 Å². The predicted octanol–water partition coefficient (Wildman–Crippen LogP) is 2.13. The van der Waals surface area contributed by atoms with Crippen LogP contribution in [0.25, 0.3) is 0 Å². The van der Waals surface area contributed by atoms with Crippen LogP contribution in [-0.2, 0) is 6.54 Å². The molecule has 108 valence electrons. The summed E-state index contributed by atoms with van der Waals surface area (Å²) in [5.41, 5.74) is 0. The highest BCUT2D eigenvalue weighted by atomic mass is 15.1. The van der Waals surface area contributed by atoms with Crippen LogP contribution in [0.2, 0.25) is 0 Å². The molecule has 0 bridgehead atoms. The Morgan fingerprint density at radius 3 is 2.74 bits per heavy atom. The molecule has 4 nitrogen and oxygen atoms in total. The molecule has 0 spiro atoms. The maximum atomic E-state index is 4.06. The number of imidazole rings is 1. The molecule has 1 N–H and O–H groups in total. The van der Waals surface area contributed by atoms with Crippen molar-refractivity contribution in [3.8, 4) is 0 Å². The van der Waals surface area contributed by atoms with Crippen LogP contribution in [0.5, 0.6) is 0 Å². The first-order valence-electron chi connectivity index (χ1n) is 7.80. The van der Waals surface area contributed by atoms with Crippen LogP contribution in [0.4, 0.5) is 0 Å².